The maximum Gasteiger partial charge on any atom is 0.231 e. The zero-order chi connectivity index (χ0) is 17.8. The van der Waals surface area contributed by atoms with E-state index in [0.29, 0.717) is 22.9 Å². The third-order valence-electron chi connectivity index (χ3n) is 4.35. The summed E-state index contributed by atoms with van der Waals surface area (Å²) in [7, 11) is 1.62. The van der Waals surface area contributed by atoms with Crippen molar-refractivity contribution in [3.8, 4) is 17.2 Å². The standard InChI is InChI=1S/C20H22N2O3/c1-4-13(5-2)19(23)21-14-10-11-16-18(12-14)25-20(22-16)15-8-6-7-9-17(15)24-3/h6-13H,4-5H2,1-3H3,(H,21,23). The first-order valence-electron chi connectivity index (χ1n) is 8.51. The number of rotatable bonds is 6. The van der Waals surface area contributed by atoms with Crippen LogP contribution in [-0.4, -0.2) is 18.0 Å². The van der Waals surface area contributed by atoms with Gasteiger partial charge in [0, 0.05) is 17.7 Å². The second-order valence-corrected chi connectivity index (χ2v) is 5.90. The summed E-state index contributed by atoms with van der Waals surface area (Å²) < 4.78 is 11.3. The van der Waals surface area contributed by atoms with Gasteiger partial charge in [-0.05, 0) is 37.1 Å². The molecule has 0 aliphatic carbocycles. The molecule has 0 unspecified atom stereocenters. The number of anilines is 1. The fourth-order valence-electron chi connectivity index (χ4n) is 2.84. The Balaban J connectivity index is 1.90. The van der Waals surface area contributed by atoms with Gasteiger partial charge in [0.15, 0.2) is 5.58 Å². The zero-order valence-corrected chi connectivity index (χ0v) is 14.7. The number of nitrogens with one attached hydrogen (secondary N) is 1. The molecule has 3 rings (SSSR count). The molecule has 25 heavy (non-hydrogen) atoms. The van der Waals surface area contributed by atoms with Crippen LogP contribution in [0.2, 0.25) is 0 Å². The molecule has 1 amide bonds. The number of amides is 1. The number of nitrogens with zero attached hydrogens (tertiary/aromatic N) is 1. The molecule has 0 fully saturated rings. The van der Waals surface area contributed by atoms with E-state index < -0.39 is 0 Å². The molecule has 0 bridgehead atoms. The number of hydrogen-bond acceptors (Lipinski definition) is 4. The number of methoxy groups -OCH3 is 1. The van der Waals surface area contributed by atoms with Crippen LogP contribution < -0.4 is 10.1 Å². The Morgan fingerprint density at radius 1 is 1.20 bits per heavy atom. The predicted molar refractivity (Wildman–Crippen MR) is 98.7 cm³/mol. The molecular formula is C20H22N2O3. The number of hydrogen-bond donors (Lipinski definition) is 1. The van der Waals surface area contributed by atoms with Crippen LogP contribution in [0.4, 0.5) is 5.69 Å². The van der Waals surface area contributed by atoms with Crippen molar-refractivity contribution >= 4 is 22.7 Å². The van der Waals surface area contributed by atoms with Crippen molar-refractivity contribution in [2.75, 3.05) is 12.4 Å². The van der Waals surface area contributed by atoms with Crippen LogP contribution in [0.5, 0.6) is 5.75 Å². The van der Waals surface area contributed by atoms with E-state index in [2.05, 4.69) is 10.3 Å². The molecule has 0 saturated heterocycles. The van der Waals surface area contributed by atoms with Gasteiger partial charge in [0.2, 0.25) is 11.8 Å². The molecule has 1 heterocycles. The first kappa shape index (κ1) is 17.0. The molecule has 1 aromatic heterocycles. The van der Waals surface area contributed by atoms with E-state index in [1.807, 2.05) is 56.3 Å². The molecule has 5 nitrogen and oxygen atoms in total. The molecule has 0 spiro atoms. The molecule has 0 radical (unpaired) electrons. The Kier molecular flexibility index (Phi) is 5.03. The van der Waals surface area contributed by atoms with Crippen LogP contribution in [0.3, 0.4) is 0 Å². The van der Waals surface area contributed by atoms with Gasteiger partial charge in [0.25, 0.3) is 0 Å². The van der Waals surface area contributed by atoms with Crippen LogP contribution in [0, 0.1) is 5.92 Å². The van der Waals surface area contributed by atoms with E-state index >= 15 is 0 Å². The number of fused-ring (bicyclic) bond motifs is 1. The van der Waals surface area contributed by atoms with Crippen molar-refractivity contribution in [2.45, 2.75) is 26.7 Å². The van der Waals surface area contributed by atoms with Gasteiger partial charge in [0.05, 0.1) is 12.7 Å². The number of ether oxygens (including phenoxy) is 1. The molecule has 0 atom stereocenters. The van der Waals surface area contributed by atoms with Gasteiger partial charge in [-0.1, -0.05) is 26.0 Å². The number of carbonyl (C=O) groups excluding carboxylic acids is 1. The first-order valence-corrected chi connectivity index (χ1v) is 8.51. The van der Waals surface area contributed by atoms with Crippen molar-refractivity contribution in [2.24, 2.45) is 5.92 Å². The molecule has 0 aliphatic heterocycles. The molecule has 5 heteroatoms. The lowest BCUT2D eigenvalue weighted by Crippen LogP contribution is -2.21. The van der Waals surface area contributed by atoms with Gasteiger partial charge in [-0.15, -0.1) is 0 Å². The average Bonchev–Trinajstić information content (AvgIpc) is 3.05. The SMILES string of the molecule is CCC(CC)C(=O)Nc1ccc2nc(-c3ccccc3OC)oc2c1. The highest BCUT2D eigenvalue weighted by Gasteiger charge is 2.16. The Morgan fingerprint density at radius 3 is 2.68 bits per heavy atom. The summed E-state index contributed by atoms with van der Waals surface area (Å²) in [6.07, 6.45) is 1.65. The van der Waals surface area contributed by atoms with Crippen molar-refractivity contribution < 1.29 is 13.9 Å². The molecule has 0 saturated carbocycles. The van der Waals surface area contributed by atoms with Gasteiger partial charge in [-0.3, -0.25) is 4.79 Å². The van der Waals surface area contributed by atoms with Crippen molar-refractivity contribution in [1.82, 2.24) is 4.98 Å². The van der Waals surface area contributed by atoms with E-state index in [0.717, 1.165) is 23.9 Å². The Bertz CT molecular complexity index is 882. The summed E-state index contributed by atoms with van der Waals surface area (Å²) in [5.74, 6) is 1.26. The van der Waals surface area contributed by atoms with E-state index in [4.69, 9.17) is 9.15 Å². The van der Waals surface area contributed by atoms with Gasteiger partial charge >= 0.3 is 0 Å². The minimum atomic E-state index is 0.0227. The summed E-state index contributed by atoms with van der Waals surface area (Å²) in [5.41, 5.74) is 2.88. The lowest BCUT2D eigenvalue weighted by atomic mass is 10.0. The molecule has 0 aliphatic rings. The summed E-state index contributed by atoms with van der Waals surface area (Å²) in [5, 5.41) is 2.96. The predicted octanol–water partition coefficient (Wildman–Crippen LogP) is 4.88. The second-order valence-electron chi connectivity index (χ2n) is 5.90. The van der Waals surface area contributed by atoms with Crippen LogP contribution in [0.15, 0.2) is 46.9 Å². The summed E-state index contributed by atoms with van der Waals surface area (Å²) in [6.45, 7) is 4.04. The van der Waals surface area contributed by atoms with E-state index in [-0.39, 0.29) is 11.8 Å². The fourth-order valence-corrected chi connectivity index (χ4v) is 2.84. The highest BCUT2D eigenvalue weighted by Crippen LogP contribution is 2.32. The van der Waals surface area contributed by atoms with Gasteiger partial charge in [0.1, 0.15) is 11.3 Å². The molecule has 130 valence electrons. The molecule has 1 N–H and O–H groups in total. The quantitative estimate of drug-likeness (QED) is 0.696. The smallest absolute Gasteiger partial charge is 0.231 e. The second kappa shape index (κ2) is 7.38. The van der Waals surface area contributed by atoms with Gasteiger partial charge in [-0.25, -0.2) is 4.98 Å². The molecule has 3 aromatic rings. The summed E-state index contributed by atoms with van der Waals surface area (Å²) in [6, 6.07) is 13.1. The number of para-hydroxylation sites is 1. The highest BCUT2D eigenvalue weighted by atomic mass is 16.5. The number of oxazole rings is 1. The Morgan fingerprint density at radius 2 is 1.96 bits per heavy atom. The van der Waals surface area contributed by atoms with Crippen LogP contribution >= 0.6 is 0 Å². The lowest BCUT2D eigenvalue weighted by Gasteiger charge is -2.12. The van der Waals surface area contributed by atoms with Crippen molar-refractivity contribution in [3.63, 3.8) is 0 Å². The maximum absolute atomic E-state index is 12.2. The minimum Gasteiger partial charge on any atom is -0.496 e. The lowest BCUT2D eigenvalue weighted by molar-refractivity contribution is -0.120. The summed E-state index contributed by atoms with van der Waals surface area (Å²) >= 11 is 0. The maximum atomic E-state index is 12.2. The zero-order valence-electron chi connectivity index (χ0n) is 14.7. The number of carbonyl (C=O) groups is 1. The van der Waals surface area contributed by atoms with Crippen LogP contribution in [0.1, 0.15) is 26.7 Å². The third-order valence-corrected chi connectivity index (χ3v) is 4.35. The fraction of sp³-hybridized carbons (Fsp3) is 0.300. The molecular weight excluding hydrogens is 316 g/mol. The Labute approximate surface area is 147 Å². The Hall–Kier alpha value is -2.82. The van der Waals surface area contributed by atoms with Crippen LogP contribution in [0.25, 0.3) is 22.6 Å². The average molecular weight is 338 g/mol. The number of aromatic nitrogens is 1. The largest absolute Gasteiger partial charge is 0.496 e. The summed E-state index contributed by atoms with van der Waals surface area (Å²) in [4.78, 5) is 16.8. The minimum absolute atomic E-state index is 0.0227. The normalized spacial score (nSPS) is 11.0. The topological polar surface area (TPSA) is 64.4 Å². The van der Waals surface area contributed by atoms with Gasteiger partial charge < -0.3 is 14.5 Å². The van der Waals surface area contributed by atoms with Crippen molar-refractivity contribution in [3.05, 3.63) is 42.5 Å². The van der Waals surface area contributed by atoms with E-state index in [1.54, 1.807) is 7.11 Å². The van der Waals surface area contributed by atoms with Gasteiger partial charge in [-0.2, -0.15) is 0 Å². The van der Waals surface area contributed by atoms with E-state index in [9.17, 15) is 4.79 Å². The van der Waals surface area contributed by atoms with Crippen LogP contribution in [-0.2, 0) is 4.79 Å². The third kappa shape index (κ3) is 3.50. The first-order chi connectivity index (χ1) is 12.2. The molecule has 2 aromatic carbocycles. The monoisotopic (exact) mass is 338 g/mol. The van der Waals surface area contributed by atoms with E-state index in [1.165, 1.54) is 0 Å². The van der Waals surface area contributed by atoms with Crippen molar-refractivity contribution in [1.29, 1.82) is 0 Å². The number of benzene rings is 2. The highest BCUT2D eigenvalue weighted by molar-refractivity contribution is 5.94.